The molecule has 7 nitrogen and oxygen atoms in total. The third-order valence-corrected chi connectivity index (χ3v) is 5.42. The molecular formula is C22H22N4O3. The monoisotopic (exact) mass is 390 g/mol. The Balaban J connectivity index is 1.34. The molecule has 2 aliphatic rings. The normalized spacial score (nSPS) is 21.4. The number of fused-ring (bicyclic) bond motifs is 1. The van der Waals surface area contributed by atoms with E-state index in [0.717, 1.165) is 36.3 Å². The van der Waals surface area contributed by atoms with Gasteiger partial charge in [0.15, 0.2) is 0 Å². The van der Waals surface area contributed by atoms with Gasteiger partial charge in [0.05, 0.1) is 23.2 Å². The number of likely N-dealkylation sites (tertiary alicyclic amines) is 1. The second kappa shape index (κ2) is 8.34. The molecule has 0 unspecified atom stereocenters. The maximum Gasteiger partial charge on any atom is 0.244 e. The first-order chi connectivity index (χ1) is 14.1. The number of rotatable bonds is 5. The summed E-state index contributed by atoms with van der Waals surface area (Å²) >= 11 is 0. The molecule has 0 spiro atoms. The third kappa shape index (κ3) is 4.23. The lowest BCUT2D eigenvalue weighted by Gasteiger charge is -2.19. The van der Waals surface area contributed by atoms with Gasteiger partial charge in [0, 0.05) is 5.69 Å². The van der Waals surface area contributed by atoms with Gasteiger partial charge in [-0.25, -0.2) is 0 Å². The van der Waals surface area contributed by atoms with Crippen molar-refractivity contribution in [3.05, 3.63) is 54.6 Å². The van der Waals surface area contributed by atoms with E-state index in [0.29, 0.717) is 11.4 Å². The molecule has 1 aliphatic carbocycles. The van der Waals surface area contributed by atoms with Gasteiger partial charge in [0.2, 0.25) is 17.7 Å². The molecule has 1 saturated carbocycles. The Morgan fingerprint density at radius 2 is 1.41 bits per heavy atom. The van der Waals surface area contributed by atoms with E-state index in [1.54, 1.807) is 24.3 Å². The van der Waals surface area contributed by atoms with Crippen LogP contribution in [0, 0.1) is 11.8 Å². The number of hydrogen-bond donors (Lipinski definition) is 1. The molecular weight excluding hydrogens is 368 g/mol. The molecule has 0 bridgehead atoms. The molecule has 4 rings (SSSR count). The second-order valence-electron chi connectivity index (χ2n) is 7.39. The standard InChI is InChI=1S/C22H22N4O3/c27-20(14-26-21(28)18-8-4-5-9-19(18)22(26)29)23-15-10-12-17(13-11-15)25-24-16-6-2-1-3-7-16/h1-3,6-7,10-13,18-19H,4-5,8-9,14H2,(H,23,27)/t18-,19-/m1/s1. The van der Waals surface area contributed by atoms with Crippen molar-refractivity contribution in [2.75, 3.05) is 11.9 Å². The van der Waals surface area contributed by atoms with Crippen LogP contribution in [0.4, 0.5) is 17.1 Å². The van der Waals surface area contributed by atoms with E-state index >= 15 is 0 Å². The van der Waals surface area contributed by atoms with Crippen molar-refractivity contribution in [1.29, 1.82) is 0 Å². The molecule has 29 heavy (non-hydrogen) atoms. The topological polar surface area (TPSA) is 91.2 Å². The maximum atomic E-state index is 12.5. The van der Waals surface area contributed by atoms with E-state index in [9.17, 15) is 14.4 Å². The summed E-state index contributed by atoms with van der Waals surface area (Å²) in [4.78, 5) is 38.4. The fraction of sp³-hybridized carbons (Fsp3) is 0.318. The summed E-state index contributed by atoms with van der Waals surface area (Å²) in [7, 11) is 0. The Labute approximate surface area is 168 Å². The molecule has 2 aromatic rings. The third-order valence-electron chi connectivity index (χ3n) is 5.42. The summed E-state index contributed by atoms with van der Waals surface area (Å²) in [6, 6.07) is 16.3. The average Bonchev–Trinajstić information content (AvgIpc) is 2.99. The number of amides is 3. The fourth-order valence-electron chi connectivity index (χ4n) is 3.95. The summed E-state index contributed by atoms with van der Waals surface area (Å²) in [5.74, 6) is -1.27. The van der Waals surface area contributed by atoms with Gasteiger partial charge in [-0.2, -0.15) is 10.2 Å². The number of imide groups is 1. The molecule has 0 aromatic heterocycles. The number of nitrogens with one attached hydrogen (secondary N) is 1. The van der Waals surface area contributed by atoms with Crippen LogP contribution < -0.4 is 5.32 Å². The van der Waals surface area contributed by atoms with Crippen LogP contribution in [-0.4, -0.2) is 29.2 Å². The Kier molecular flexibility index (Phi) is 5.46. The van der Waals surface area contributed by atoms with Crippen LogP contribution in [0.5, 0.6) is 0 Å². The first-order valence-electron chi connectivity index (χ1n) is 9.84. The lowest BCUT2D eigenvalue weighted by molar-refractivity contribution is -0.142. The van der Waals surface area contributed by atoms with E-state index in [2.05, 4.69) is 15.5 Å². The molecule has 2 atom stereocenters. The minimum atomic E-state index is -0.385. The van der Waals surface area contributed by atoms with Crippen molar-refractivity contribution in [3.8, 4) is 0 Å². The van der Waals surface area contributed by atoms with E-state index in [-0.39, 0.29) is 36.1 Å². The van der Waals surface area contributed by atoms with Gasteiger partial charge in [-0.3, -0.25) is 19.3 Å². The maximum absolute atomic E-state index is 12.5. The Bertz CT molecular complexity index is 916. The highest BCUT2D eigenvalue weighted by Gasteiger charge is 2.48. The van der Waals surface area contributed by atoms with Gasteiger partial charge >= 0.3 is 0 Å². The van der Waals surface area contributed by atoms with Gasteiger partial charge in [0.25, 0.3) is 0 Å². The molecule has 3 amide bonds. The number of azo groups is 1. The Morgan fingerprint density at radius 1 is 0.862 bits per heavy atom. The zero-order chi connectivity index (χ0) is 20.2. The molecule has 7 heteroatoms. The summed E-state index contributed by atoms with van der Waals surface area (Å²) in [6.45, 7) is -0.236. The number of carbonyl (C=O) groups excluding carboxylic acids is 3. The van der Waals surface area contributed by atoms with Gasteiger partial charge in [-0.1, -0.05) is 31.0 Å². The van der Waals surface area contributed by atoms with E-state index in [1.165, 1.54) is 0 Å². The molecule has 2 aromatic carbocycles. The van der Waals surface area contributed by atoms with Crippen LogP contribution in [0.2, 0.25) is 0 Å². The summed E-state index contributed by atoms with van der Waals surface area (Å²) < 4.78 is 0. The van der Waals surface area contributed by atoms with Crippen molar-refractivity contribution in [2.45, 2.75) is 25.7 Å². The van der Waals surface area contributed by atoms with Crippen LogP contribution >= 0.6 is 0 Å². The highest BCUT2D eigenvalue weighted by Crippen LogP contribution is 2.37. The molecule has 2 fully saturated rings. The number of carbonyl (C=O) groups is 3. The van der Waals surface area contributed by atoms with Crippen molar-refractivity contribution >= 4 is 34.8 Å². The molecule has 1 saturated heterocycles. The molecule has 148 valence electrons. The summed E-state index contributed by atoms with van der Waals surface area (Å²) in [5.41, 5.74) is 1.98. The number of nitrogens with zero attached hydrogens (tertiary/aromatic N) is 3. The van der Waals surface area contributed by atoms with E-state index in [4.69, 9.17) is 0 Å². The van der Waals surface area contributed by atoms with Crippen molar-refractivity contribution in [1.82, 2.24) is 4.90 Å². The number of anilines is 1. The molecule has 1 aliphatic heterocycles. The fourth-order valence-corrected chi connectivity index (χ4v) is 3.95. The average molecular weight is 390 g/mol. The number of hydrogen-bond acceptors (Lipinski definition) is 5. The smallest absolute Gasteiger partial charge is 0.244 e. The van der Waals surface area contributed by atoms with Crippen molar-refractivity contribution in [2.24, 2.45) is 22.1 Å². The minimum Gasteiger partial charge on any atom is -0.325 e. The Hall–Kier alpha value is -3.35. The zero-order valence-corrected chi connectivity index (χ0v) is 16.0. The van der Waals surface area contributed by atoms with E-state index in [1.807, 2.05) is 30.3 Å². The van der Waals surface area contributed by atoms with Crippen molar-refractivity contribution in [3.63, 3.8) is 0 Å². The SMILES string of the molecule is O=C(CN1C(=O)[C@@H]2CCCC[C@H]2C1=O)Nc1ccc(N=Nc2ccccc2)cc1. The lowest BCUT2D eigenvalue weighted by Crippen LogP contribution is -2.38. The van der Waals surface area contributed by atoms with Crippen LogP contribution in [0.25, 0.3) is 0 Å². The van der Waals surface area contributed by atoms with Gasteiger partial charge in [-0.05, 0) is 49.2 Å². The van der Waals surface area contributed by atoms with E-state index < -0.39 is 0 Å². The first-order valence-corrected chi connectivity index (χ1v) is 9.84. The van der Waals surface area contributed by atoms with Crippen LogP contribution in [0.3, 0.4) is 0 Å². The van der Waals surface area contributed by atoms with Crippen LogP contribution in [-0.2, 0) is 14.4 Å². The van der Waals surface area contributed by atoms with Crippen molar-refractivity contribution < 1.29 is 14.4 Å². The number of benzene rings is 2. The highest BCUT2D eigenvalue weighted by molar-refractivity contribution is 6.08. The minimum absolute atomic E-state index is 0.202. The van der Waals surface area contributed by atoms with Crippen LogP contribution in [0.15, 0.2) is 64.8 Å². The van der Waals surface area contributed by atoms with Gasteiger partial charge < -0.3 is 5.32 Å². The molecule has 1 heterocycles. The Morgan fingerprint density at radius 3 is 2.00 bits per heavy atom. The highest BCUT2D eigenvalue weighted by atomic mass is 16.2. The molecule has 1 N–H and O–H groups in total. The predicted molar refractivity (Wildman–Crippen MR) is 108 cm³/mol. The van der Waals surface area contributed by atoms with Gasteiger partial charge in [0.1, 0.15) is 6.54 Å². The summed E-state index contributed by atoms with van der Waals surface area (Å²) in [6.07, 6.45) is 3.42. The van der Waals surface area contributed by atoms with Gasteiger partial charge in [-0.15, -0.1) is 0 Å². The first kappa shape index (κ1) is 19.0. The predicted octanol–water partition coefficient (Wildman–Crippen LogP) is 4.22. The summed E-state index contributed by atoms with van der Waals surface area (Å²) in [5, 5.41) is 11.0. The largest absolute Gasteiger partial charge is 0.325 e. The quantitative estimate of drug-likeness (QED) is 0.612. The molecule has 0 radical (unpaired) electrons. The zero-order valence-electron chi connectivity index (χ0n) is 16.0. The lowest BCUT2D eigenvalue weighted by atomic mass is 9.81. The van der Waals surface area contributed by atoms with Crippen LogP contribution in [0.1, 0.15) is 25.7 Å². The second-order valence-corrected chi connectivity index (χ2v) is 7.39.